The van der Waals surface area contributed by atoms with Crippen molar-refractivity contribution in [3.8, 4) is 5.75 Å². The Balaban J connectivity index is 1.60. The quantitative estimate of drug-likeness (QED) is 0.644. The standard InChI is InChI=1S/C21H20ClFN2O/c22-15-6-9-20-17(12-15)19-13-18(14-4-7-16(23)8-5-14)24-25(19)21(26-20)10-2-1-3-11-21/h4-9,12,19H,1-3,10-11,13H2/t19-/m1/s1. The molecular formula is C21H20ClFN2O. The van der Waals surface area contributed by atoms with Crippen molar-refractivity contribution in [2.24, 2.45) is 5.10 Å². The predicted molar refractivity (Wildman–Crippen MR) is 100 cm³/mol. The molecule has 3 nitrogen and oxygen atoms in total. The third-order valence-corrected chi connectivity index (χ3v) is 6.01. The Labute approximate surface area is 157 Å². The van der Waals surface area contributed by atoms with Gasteiger partial charge in [0.15, 0.2) is 5.72 Å². The van der Waals surface area contributed by atoms with Gasteiger partial charge >= 0.3 is 0 Å². The zero-order chi connectivity index (χ0) is 17.7. The van der Waals surface area contributed by atoms with E-state index in [0.29, 0.717) is 5.02 Å². The largest absolute Gasteiger partial charge is 0.466 e. The first-order valence-electron chi connectivity index (χ1n) is 9.26. The van der Waals surface area contributed by atoms with Crippen LogP contribution in [0.2, 0.25) is 5.02 Å². The third kappa shape index (κ3) is 2.50. The lowest BCUT2D eigenvalue weighted by Gasteiger charge is -2.49. The Morgan fingerprint density at radius 1 is 1.08 bits per heavy atom. The van der Waals surface area contributed by atoms with Crippen LogP contribution in [-0.2, 0) is 0 Å². The van der Waals surface area contributed by atoms with Gasteiger partial charge in [0, 0.05) is 29.8 Å². The van der Waals surface area contributed by atoms with Crippen molar-refractivity contribution >= 4 is 17.3 Å². The number of nitrogens with zero attached hydrogens (tertiary/aromatic N) is 2. The number of hydrogen-bond acceptors (Lipinski definition) is 3. The molecule has 1 atom stereocenters. The van der Waals surface area contributed by atoms with Gasteiger partial charge in [-0.2, -0.15) is 5.10 Å². The van der Waals surface area contributed by atoms with Gasteiger partial charge in [0.2, 0.25) is 0 Å². The lowest BCUT2D eigenvalue weighted by atomic mass is 9.86. The van der Waals surface area contributed by atoms with Crippen LogP contribution in [0.1, 0.15) is 55.7 Å². The summed E-state index contributed by atoms with van der Waals surface area (Å²) in [4.78, 5) is 0. The summed E-state index contributed by atoms with van der Waals surface area (Å²) >= 11 is 6.26. The van der Waals surface area contributed by atoms with E-state index < -0.39 is 0 Å². The Morgan fingerprint density at radius 2 is 1.85 bits per heavy atom. The number of benzene rings is 2. The molecule has 0 bridgehead atoms. The van der Waals surface area contributed by atoms with Gasteiger partial charge in [-0.1, -0.05) is 30.2 Å². The summed E-state index contributed by atoms with van der Waals surface area (Å²) in [6.07, 6.45) is 6.27. The van der Waals surface area contributed by atoms with Crippen LogP contribution >= 0.6 is 11.6 Å². The minimum Gasteiger partial charge on any atom is -0.466 e. The number of rotatable bonds is 1. The molecule has 134 valence electrons. The molecule has 5 heteroatoms. The Kier molecular flexibility index (Phi) is 3.71. The SMILES string of the molecule is Fc1ccc(C2=NN3[C@H](C2)c2cc(Cl)ccc2OC32CCCCC2)cc1. The minimum absolute atomic E-state index is 0.121. The molecule has 0 N–H and O–H groups in total. The van der Waals surface area contributed by atoms with E-state index in [0.717, 1.165) is 54.7 Å². The van der Waals surface area contributed by atoms with E-state index in [1.165, 1.54) is 18.6 Å². The number of hydrazone groups is 1. The highest BCUT2D eigenvalue weighted by molar-refractivity contribution is 6.30. The number of halogens is 2. The fourth-order valence-corrected chi connectivity index (χ4v) is 4.68. The van der Waals surface area contributed by atoms with Crippen molar-refractivity contribution in [3.05, 3.63) is 64.4 Å². The van der Waals surface area contributed by atoms with Gasteiger partial charge < -0.3 is 4.74 Å². The normalized spacial score (nSPS) is 23.2. The summed E-state index contributed by atoms with van der Waals surface area (Å²) in [5.41, 5.74) is 2.67. The zero-order valence-electron chi connectivity index (χ0n) is 14.4. The molecule has 1 aliphatic carbocycles. The minimum atomic E-state index is -0.370. The molecule has 1 spiro atoms. The van der Waals surface area contributed by atoms with Crippen LogP contribution < -0.4 is 4.74 Å². The van der Waals surface area contributed by atoms with E-state index in [9.17, 15) is 4.39 Å². The first kappa shape index (κ1) is 16.1. The summed E-state index contributed by atoms with van der Waals surface area (Å²) in [7, 11) is 0. The molecule has 0 aromatic heterocycles. The zero-order valence-corrected chi connectivity index (χ0v) is 15.2. The van der Waals surface area contributed by atoms with Gasteiger partial charge in [-0.25, -0.2) is 9.40 Å². The number of ether oxygens (including phenoxy) is 1. The van der Waals surface area contributed by atoms with Crippen molar-refractivity contribution in [1.29, 1.82) is 0 Å². The summed E-state index contributed by atoms with van der Waals surface area (Å²) < 4.78 is 19.8. The van der Waals surface area contributed by atoms with Crippen LogP contribution in [0, 0.1) is 5.82 Å². The van der Waals surface area contributed by atoms with Crippen LogP contribution in [0.4, 0.5) is 4.39 Å². The summed E-state index contributed by atoms with van der Waals surface area (Å²) in [5.74, 6) is 0.697. The molecule has 3 aliphatic rings. The maximum absolute atomic E-state index is 13.3. The van der Waals surface area contributed by atoms with E-state index in [-0.39, 0.29) is 17.6 Å². The monoisotopic (exact) mass is 370 g/mol. The highest BCUT2D eigenvalue weighted by Gasteiger charge is 2.50. The molecule has 2 heterocycles. The number of fused-ring (bicyclic) bond motifs is 4. The lowest BCUT2D eigenvalue weighted by molar-refractivity contribution is -0.140. The summed E-state index contributed by atoms with van der Waals surface area (Å²) in [6, 6.07) is 12.6. The van der Waals surface area contributed by atoms with Crippen molar-refractivity contribution in [2.75, 3.05) is 0 Å². The van der Waals surface area contributed by atoms with Crippen molar-refractivity contribution in [1.82, 2.24) is 5.01 Å². The van der Waals surface area contributed by atoms with Gasteiger partial charge in [-0.15, -0.1) is 0 Å². The molecule has 2 aliphatic heterocycles. The van der Waals surface area contributed by atoms with Crippen LogP contribution in [0.15, 0.2) is 47.6 Å². The topological polar surface area (TPSA) is 24.8 Å². The summed E-state index contributed by atoms with van der Waals surface area (Å²) in [6.45, 7) is 0. The van der Waals surface area contributed by atoms with E-state index in [1.807, 2.05) is 18.2 Å². The highest BCUT2D eigenvalue weighted by atomic mass is 35.5. The summed E-state index contributed by atoms with van der Waals surface area (Å²) in [5, 5.41) is 7.86. The smallest absolute Gasteiger partial charge is 0.198 e. The van der Waals surface area contributed by atoms with Crippen LogP contribution in [0.5, 0.6) is 5.75 Å². The molecule has 0 saturated heterocycles. The van der Waals surface area contributed by atoms with Crippen molar-refractivity contribution in [2.45, 2.75) is 50.3 Å². The van der Waals surface area contributed by atoms with Crippen LogP contribution in [0.25, 0.3) is 0 Å². The fourth-order valence-electron chi connectivity index (χ4n) is 4.50. The Bertz CT molecular complexity index is 874. The molecule has 5 rings (SSSR count). The van der Waals surface area contributed by atoms with Gasteiger partial charge in [-0.05, 0) is 48.7 Å². The van der Waals surface area contributed by atoms with Crippen LogP contribution in [0.3, 0.4) is 0 Å². The van der Waals surface area contributed by atoms with E-state index >= 15 is 0 Å². The molecule has 2 aromatic rings. The highest BCUT2D eigenvalue weighted by Crippen LogP contribution is 2.51. The van der Waals surface area contributed by atoms with Crippen molar-refractivity contribution < 1.29 is 9.13 Å². The second kappa shape index (κ2) is 5.98. The maximum Gasteiger partial charge on any atom is 0.198 e. The second-order valence-electron chi connectivity index (χ2n) is 7.41. The molecule has 2 aromatic carbocycles. The van der Waals surface area contributed by atoms with Gasteiger partial charge in [0.05, 0.1) is 11.8 Å². The van der Waals surface area contributed by atoms with Crippen molar-refractivity contribution in [3.63, 3.8) is 0 Å². The Morgan fingerprint density at radius 3 is 2.62 bits per heavy atom. The van der Waals surface area contributed by atoms with E-state index in [1.54, 1.807) is 12.1 Å². The molecule has 0 unspecified atom stereocenters. The predicted octanol–water partition coefficient (Wildman–Crippen LogP) is 5.68. The van der Waals surface area contributed by atoms with Gasteiger partial charge in [0.1, 0.15) is 11.6 Å². The average molecular weight is 371 g/mol. The van der Waals surface area contributed by atoms with Gasteiger partial charge in [0.25, 0.3) is 0 Å². The molecule has 0 amide bonds. The Hall–Kier alpha value is -2.07. The maximum atomic E-state index is 13.3. The lowest BCUT2D eigenvalue weighted by Crippen LogP contribution is -2.54. The number of hydrogen-bond donors (Lipinski definition) is 0. The molecular weight excluding hydrogens is 351 g/mol. The second-order valence-corrected chi connectivity index (χ2v) is 7.85. The molecule has 26 heavy (non-hydrogen) atoms. The van der Waals surface area contributed by atoms with Crippen LogP contribution in [-0.4, -0.2) is 16.4 Å². The molecule has 1 fully saturated rings. The molecule has 0 radical (unpaired) electrons. The van der Waals surface area contributed by atoms with Gasteiger partial charge in [-0.3, -0.25) is 0 Å². The van der Waals surface area contributed by atoms with E-state index in [2.05, 4.69) is 5.01 Å². The van der Waals surface area contributed by atoms with E-state index in [4.69, 9.17) is 21.4 Å². The first-order chi connectivity index (χ1) is 12.6. The fraction of sp³-hybridized carbons (Fsp3) is 0.381. The first-order valence-corrected chi connectivity index (χ1v) is 9.64. The average Bonchev–Trinajstić information content (AvgIpc) is 3.11. The molecule has 1 saturated carbocycles. The third-order valence-electron chi connectivity index (χ3n) is 5.77.